The van der Waals surface area contributed by atoms with Crippen molar-refractivity contribution in [2.45, 2.75) is 6.54 Å². The summed E-state index contributed by atoms with van der Waals surface area (Å²) in [5.74, 6) is -4.49. The molecule has 1 aromatic heterocycles. The zero-order chi connectivity index (χ0) is 28.8. The summed E-state index contributed by atoms with van der Waals surface area (Å²) in [6.45, 7) is -0.0796. The summed E-state index contributed by atoms with van der Waals surface area (Å²) < 4.78 is 28.5. The summed E-state index contributed by atoms with van der Waals surface area (Å²) in [7, 11) is 0. The van der Waals surface area contributed by atoms with Crippen LogP contribution in [0.2, 0.25) is 0 Å². The summed E-state index contributed by atoms with van der Waals surface area (Å²) >= 11 is 6.12. The van der Waals surface area contributed by atoms with Crippen LogP contribution in [0, 0.1) is 11.6 Å². The first-order valence-corrected chi connectivity index (χ1v) is 13.0. The van der Waals surface area contributed by atoms with Crippen LogP contribution in [0.25, 0.3) is 0 Å². The van der Waals surface area contributed by atoms with Crippen LogP contribution < -0.4 is 10.9 Å². The van der Waals surface area contributed by atoms with Gasteiger partial charge in [0, 0.05) is 6.54 Å². The minimum Gasteiger partial charge on any atom is -0.503 e. The number of aromatic hydroxyl groups is 2. The second kappa shape index (κ2) is 12.7. The van der Waals surface area contributed by atoms with Crippen molar-refractivity contribution in [1.82, 2.24) is 15.4 Å². The van der Waals surface area contributed by atoms with Crippen molar-refractivity contribution < 1.29 is 28.6 Å². The highest BCUT2D eigenvalue weighted by molar-refractivity contribution is 9.10. The molecular formula is C27H19Br2F2N5O4. The van der Waals surface area contributed by atoms with E-state index in [4.69, 9.17) is 0 Å². The smallest absolute Gasteiger partial charge is 0.292 e. The van der Waals surface area contributed by atoms with Crippen LogP contribution in [0.5, 0.6) is 11.5 Å². The molecule has 0 fully saturated rings. The largest absolute Gasteiger partial charge is 0.503 e. The molecule has 0 aliphatic carbocycles. The standard InChI is InChI=1S/C27H19Br2F2N5O4/c28-18-10-16(6-8-20(18)30)12-32-34-26(39)22-24(37)25(38)23(36(22)14-15-4-2-1-3-5-15)27(40)35-33-13-17-7-9-21(31)19(29)11-17/h1-13,37-38H,14H2,(H,34,39)(H,35,40)/b32-12+,33-13+. The summed E-state index contributed by atoms with van der Waals surface area (Å²) in [5.41, 5.74) is 5.18. The second-order valence-corrected chi connectivity index (χ2v) is 9.92. The number of hydrogen-bond acceptors (Lipinski definition) is 6. The first kappa shape index (κ1) is 28.6. The lowest BCUT2D eigenvalue weighted by Crippen LogP contribution is -2.26. The molecule has 0 bridgehead atoms. The predicted octanol–water partition coefficient (Wildman–Crippen LogP) is 5.28. The lowest BCUT2D eigenvalue weighted by atomic mass is 10.2. The number of nitrogens with zero attached hydrogens (tertiary/aromatic N) is 3. The Balaban J connectivity index is 1.63. The third kappa shape index (κ3) is 6.61. The van der Waals surface area contributed by atoms with Gasteiger partial charge in [-0.2, -0.15) is 10.2 Å². The van der Waals surface area contributed by atoms with Gasteiger partial charge in [-0.15, -0.1) is 0 Å². The molecule has 0 atom stereocenters. The van der Waals surface area contributed by atoms with E-state index in [1.54, 1.807) is 30.3 Å². The van der Waals surface area contributed by atoms with Crippen LogP contribution >= 0.6 is 31.9 Å². The van der Waals surface area contributed by atoms with E-state index in [0.29, 0.717) is 16.7 Å². The minimum atomic E-state index is -0.931. The molecule has 2 amide bonds. The van der Waals surface area contributed by atoms with E-state index in [-0.39, 0.29) is 15.5 Å². The molecule has 204 valence electrons. The fourth-order valence-electron chi connectivity index (χ4n) is 3.60. The Morgan fingerprint density at radius 3 is 1.65 bits per heavy atom. The van der Waals surface area contributed by atoms with Crippen molar-refractivity contribution in [3.05, 3.63) is 115 Å². The highest BCUT2D eigenvalue weighted by Crippen LogP contribution is 2.36. The molecule has 0 saturated carbocycles. The van der Waals surface area contributed by atoms with Crippen molar-refractivity contribution in [1.29, 1.82) is 0 Å². The summed E-state index contributed by atoms with van der Waals surface area (Å²) in [6, 6.07) is 16.9. The summed E-state index contributed by atoms with van der Waals surface area (Å²) in [4.78, 5) is 26.1. The normalized spacial score (nSPS) is 11.3. The highest BCUT2D eigenvalue weighted by atomic mass is 79.9. The Labute approximate surface area is 243 Å². The molecule has 0 spiro atoms. The van der Waals surface area contributed by atoms with E-state index < -0.39 is 46.3 Å². The Kier molecular flexibility index (Phi) is 9.07. The third-order valence-corrected chi connectivity index (χ3v) is 6.69. The molecule has 0 saturated heterocycles. The number of amides is 2. The van der Waals surface area contributed by atoms with Crippen LogP contribution in [0.3, 0.4) is 0 Å². The molecule has 4 N–H and O–H groups in total. The van der Waals surface area contributed by atoms with E-state index in [0.717, 1.165) is 4.57 Å². The summed E-state index contributed by atoms with van der Waals surface area (Å²) in [6.07, 6.45) is 2.50. The van der Waals surface area contributed by atoms with E-state index in [9.17, 15) is 28.6 Å². The van der Waals surface area contributed by atoms with Gasteiger partial charge >= 0.3 is 0 Å². The number of rotatable bonds is 8. The minimum absolute atomic E-state index is 0.0796. The molecule has 4 rings (SSSR count). The number of nitrogens with one attached hydrogen (secondary N) is 2. The Morgan fingerprint density at radius 2 is 1.23 bits per heavy atom. The van der Waals surface area contributed by atoms with Gasteiger partial charge in [-0.05, 0) is 72.8 Å². The molecule has 40 heavy (non-hydrogen) atoms. The molecule has 4 aromatic rings. The Morgan fingerprint density at radius 1 is 0.775 bits per heavy atom. The number of aromatic nitrogens is 1. The Bertz CT molecular complexity index is 1540. The van der Waals surface area contributed by atoms with Crippen molar-refractivity contribution in [2.24, 2.45) is 10.2 Å². The number of hydrogen-bond donors (Lipinski definition) is 4. The lowest BCUT2D eigenvalue weighted by molar-refractivity contribution is 0.0938. The monoisotopic (exact) mass is 673 g/mol. The van der Waals surface area contributed by atoms with Gasteiger partial charge < -0.3 is 14.8 Å². The Hall–Kier alpha value is -4.36. The number of hydrazone groups is 2. The average Bonchev–Trinajstić information content (AvgIpc) is 3.17. The molecule has 9 nitrogen and oxygen atoms in total. The first-order chi connectivity index (χ1) is 19.2. The number of benzene rings is 3. The first-order valence-electron chi connectivity index (χ1n) is 11.4. The van der Waals surface area contributed by atoms with Crippen LogP contribution in [0.15, 0.2) is 85.9 Å². The highest BCUT2D eigenvalue weighted by Gasteiger charge is 2.31. The molecule has 1 heterocycles. The van der Waals surface area contributed by atoms with E-state index in [2.05, 4.69) is 52.9 Å². The lowest BCUT2D eigenvalue weighted by Gasteiger charge is -2.12. The fourth-order valence-corrected chi connectivity index (χ4v) is 4.39. The zero-order valence-corrected chi connectivity index (χ0v) is 23.4. The van der Waals surface area contributed by atoms with Crippen LogP contribution in [0.1, 0.15) is 37.7 Å². The van der Waals surface area contributed by atoms with Crippen molar-refractivity contribution in [3.63, 3.8) is 0 Å². The number of carbonyl (C=O) groups is 2. The molecule has 0 unspecified atom stereocenters. The molecule has 0 radical (unpaired) electrons. The van der Waals surface area contributed by atoms with Crippen molar-refractivity contribution in [2.75, 3.05) is 0 Å². The van der Waals surface area contributed by atoms with Gasteiger partial charge in [-0.25, -0.2) is 19.6 Å². The van der Waals surface area contributed by atoms with Gasteiger partial charge in [0.25, 0.3) is 11.8 Å². The van der Waals surface area contributed by atoms with Crippen molar-refractivity contribution >= 4 is 56.1 Å². The molecule has 0 aliphatic rings. The van der Waals surface area contributed by atoms with Crippen LogP contribution in [-0.2, 0) is 6.54 Å². The molecular weight excluding hydrogens is 656 g/mol. The summed E-state index contributed by atoms with van der Waals surface area (Å²) in [5, 5.41) is 29.0. The number of halogens is 4. The quantitative estimate of drug-likeness (QED) is 0.150. The van der Waals surface area contributed by atoms with Gasteiger partial charge in [0.05, 0.1) is 21.4 Å². The van der Waals surface area contributed by atoms with Gasteiger partial charge in [0.2, 0.25) is 0 Å². The number of carbonyl (C=O) groups excluding carboxylic acids is 2. The maximum absolute atomic E-state index is 13.5. The molecule has 3 aromatic carbocycles. The third-order valence-electron chi connectivity index (χ3n) is 5.47. The average molecular weight is 675 g/mol. The van der Waals surface area contributed by atoms with Gasteiger partial charge in [-0.1, -0.05) is 42.5 Å². The van der Waals surface area contributed by atoms with Crippen LogP contribution in [0.4, 0.5) is 8.78 Å². The van der Waals surface area contributed by atoms with Gasteiger partial charge in [-0.3, -0.25) is 9.59 Å². The maximum atomic E-state index is 13.5. The molecule has 13 heteroatoms. The van der Waals surface area contributed by atoms with E-state index in [1.165, 1.54) is 48.8 Å². The predicted molar refractivity (Wildman–Crippen MR) is 152 cm³/mol. The van der Waals surface area contributed by atoms with Crippen molar-refractivity contribution in [3.8, 4) is 11.5 Å². The SMILES string of the molecule is O=C(N/N=C/c1ccc(F)c(Br)c1)c1c(O)c(O)c(C(=O)N/N=C/c2ccc(F)c(Br)c2)n1Cc1ccccc1. The van der Waals surface area contributed by atoms with E-state index >= 15 is 0 Å². The second-order valence-electron chi connectivity index (χ2n) is 8.21. The maximum Gasteiger partial charge on any atom is 0.292 e. The zero-order valence-electron chi connectivity index (χ0n) is 20.3. The van der Waals surface area contributed by atoms with Gasteiger partial charge in [0.1, 0.15) is 11.6 Å². The fraction of sp³-hybridized carbons (Fsp3) is 0.0370. The molecule has 0 aliphatic heterocycles. The van der Waals surface area contributed by atoms with Gasteiger partial charge in [0.15, 0.2) is 22.9 Å². The van der Waals surface area contributed by atoms with Crippen LogP contribution in [-0.4, -0.2) is 39.0 Å². The topological polar surface area (TPSA) is 128 Å². The van der Waals surface area contributed by atoms with E-state index in [1.807, 2.05) is 0 Å².